The van der Waals surface area contributed by atoms with Gasteiger partial charge in [0.15, 0.2) is 11.5 Å². The molecule has 3 amide bonds. The lowest BCUT2D eigenvalue weighted by molar-refractivity contribution is -0.139. The Morgan fingerprint density at radius 1 is 0.886 bits per heavy atom. The molecule has 4 aromatic rings. The summed E-state index contributed by atoms with van der Waals surface area (Å²) in [5, 5.41) is 2.89. The summed E-state index contributed by atoms with van der Waals surface area (Å²) >= 11 is 0. The van der Waals surface area contributed by atoms with Gasteiger partial charge in [-0.05, 0) is 65.7 Å². The summed E-state index contributed by atoms with van der Waals surface area (Å²) in [4.78, 5) is 60.7. The number of anilines is 2. The molecule has 1 aliphatic heterocycles. The van der Waals surface area contributed by atoms with Crippen LogP contribution < -0.4 is 24.4 Å². The minimum atomic E-state index is -1.20. The smallest absolute Gasteiger partial charge is 0.299 e. The molecule has 11 heteroatoms. The molecule has 3 aromatic carbocycles. The van der Waals surface area contributed by atoms with Gasteiger partial charge >= 0.3 is 0 Å². The van der Waals surface area contributed by atoms with E-state index in [1.54, 1.807) is 98.4 Å². The highest BCUT2D eigenvalue weighted by Gasteiger charge is 2.39. The van der Waals surface area contributed by atoms with Gasteiger partial charge in [0.25, 0.3) is 17.6 Å². The molecule has 0 bridgehead atoms. The zero-order valence-electron chi connectivity index (χ0n) is 24.4. The third-order valence-corrected chi connectivity index (χ3v) is 7.21. The van der Waals surface area contributed by atoms with Crippen LogP contribution in [0.25, 0.3) is 0 Å². The van der Waals surface area contributed by atoms with Crippen molar-refractivity contribution < 1.29 is 33.4 Å². The van der Waals surface area contributed by atoms with Gasteiger partial charge < -0.3 is 24.4 Å². The molecule has 1 aliphatic rings. The molecule has 0 fully saturated rings. The summed E-state index contributed by atoms with van der Waals surface area (Å²) in [7, 11) is 4.51. The minimum Gasteiger partial charge on any atom is -0.497 e. The summed E-state index contributed by atoms with van der Waals surface area (Å²) < 4.78 is 16.1. The molecule has 44 heavy (non-hydrogen) atoms. The number of pyridine rings is 1. The molecule has 1 N–H and O–H groups in total. The molecular formula is C33H30N4O7. The fourth-order valence-corrected chi connectivity index (χ4v) is 5.02. The van der Waals surface area contributed by atoms with Crippen LogP contribution in [0.4, 0.5) is 11.4 Å². The van der Waals surface area contributed by atoms with E-state index in [-0.39, 0.29) is 12.1 Å². The van der Waals surface area contributed by atoms with Crippen molar-refractivity contribution in [3.8, 4) is 17.2 Å². The van der Waals surface area contributed by atoms with Gasteiger partial charge in [0.1, 0.15) is 18.3 Å². The third kappa shape index (κ3) is 6.07. The topological polar surface area (TPSA) is 127 Å². The highest BCUT2D eigenvalue weighted by atomic mass is 16.5. The monoisotopic (exact) mass is 594 g/mol. The summed E-state index contributed by atoms with van der Waals surface area (Å²) in [6.07, 6.45) is 3.19. The van der Waals surface area contributed by atoms with E-state index >= 15 is 0 Å². The molecule has 1 atom stereocenters. The van der Waals surface area contributed by atoms with Gasteiger partial charge in [0.05, 0.1) is 32.6 Å². The molecule has 11 nitrogen and oxygen atoms in total. The van der Waals surface area contributed by atoms with Crippen LogP contribution in [-0.2, 0) is 20.9 Å². The van der Waals surface area contributed by atoms with Crippen LogP contribution in [0.5, 0.6) is 17.2 Å². The molecule has 0 saturated carbocycles. The highest BCUT2D eigenvalue weighted by molar-refractivity contribution is 6.52. The van der Waals surface area contributed by atoms with E-state index in [2.05, 4.69) is 10.3 Å². The van der Waals surface area contributed by atoms with Gasteiger partial charge in [-0.1, -0.05) is 24.3 Å². The normalized spacial score (nSPS) is 12.8. The first-order valence-electron chi connectivity index (χ1n) is 13.6. The first-order chi connectivity index (χ1) is 21.3. The van der Waals surface area contributed by atoms with Crippen LogP contribution in [-0.4, -0.2) is 61.3 Å². The first kappa shape index (κ1) is 29.8. The lowest BCUT2D eigenvalue weighted by atomic mass is 10.0. The van der Waals surface area contributed by atoms with E-state index in [0.717, 1.165) is 4.90 Å². The van der Waals surface area contributed by atoms with Crippen molar-refractivity contribution in [3.63, 3.8) is 0 Å². The highest BCUT2D eigenvalue weighted by Crippen LogP contribution is 2.35. The van der Waals surface area contributed by atoms with Crippen molar-refractivity contribution in [1.82, 2.24) is 9.88 Å². The van der Waals surface area contributed by atoms with Gasteiger partial charge in [0, 0.05) is 24.6 Å². The Hall–Kier alpha value is -5.71. The van der Waals surface area contributed by atoms with Gasteiger partial charge in [-0.25, -0.2) is 0 Å². The minimum absolute atomic E-state index is 0.0284. The maximum atomic E-state index is 14.2. The van der Waals surface area contributed by atoms with Crippen molar-refractivity contribution in [2.75, 3.05) is 38.1 Å². The van der Waals surface area contributed by atoms with Crippen LogP contribution >= 0.6 is 0 Å². The summed E-state index contributed by atoms with van der Waals surface area (Å²) in [6.45, 7) is -0.499. The summed E-state index contributed by atoms with van der Waals surface area (Å²) in [5.74, 6) is -1.20. The fourth-order valence-electron chi connectivity index (χ4n) is 5.02. The number of carbonyl (C=O) groups excluding carboxylic acids is 4. The van der Waals surface area contributed by atoms with E-state index in [9.17, 15) is 19.2 Å². The molecule has 0 spiro atoms. The van der Waals surface area contributed by atoms with Crippen molar-refractivity contribution >= 4 is 34.9 Å². The molecule has 5 rings (SSSR count). The third-order valence-electron chi connectivity index (χ3n) is 7.21. The second-order valence-corrected chi connectivity index (χ2v) is 9.86. The number of ether oxygens (including phenoxy) is 3. The number of Topliss-reactive ketones (excluding diaryl/α,β-unsaturated/α-hetero) is 1. The zero-order chi connectivity index (χ0) is 31.2. The van der Waals surface area contributed by atoms with E-state index in [0.29, 0.717) is 39.8 Å². The fraction of sp³-hybridized carbons (Fsp3) is 0.182. The Bertz CT molecular complexity index is 1690. The Balaban J connectivity index is 1.58. The van der Waals surface area contributed by atoms with E-state index in [1.807, 2.05) is 0 Å². The molecule has 2 heterocycles. The number of rotatable bonds is 11. The van der Waals surface area contributed by atoms with Gasteiger partial charge in [0.2, 0.25) is 5.91 Å². The summed E-state index contributed by atoms with van der Waals surface area (Å²) in [6, 6.07) is 20.5. The van der Waals surface area contributed by atoms with E-state index in [4.69, 9.17) is 14.2 Å². The zero-order valence-corrected chi connectivity index (χ0v) is 24.4. The number of nitrogens with zero attached hydrogens (tertiary/aromatic N) is 3. The lowest BCUT2D eigenvalue weighted by Crippen LogP contribution is -2.46. The van der Waals surface area contributed by atoms with Crippen molar-refractivity contribution in [2.45, 2.75) is 12.6 Å². The SMILES string of the molecule is COc1ccc(NC(=O)C(c2ccc(OC)c(OC)c2)N(Cc2cccnc2)C(=O)CN2C(=O)C(=O)c3ccccc32)cc1. The van der Waals surface area contributed by atoms with E-state index in [1.165, 1.54) is 19.1 Å². The van der Waals surface area contributed by atoms with Crippen molar-refractivity contribution in [1.29, 1.82) is 0 Å². The van der Waals surface area contributed by atoms with Gasteiger partial charge in [-0.2, -0.15) is 0 Å². The number of ketones is 1. The van der Waals surface area contributed by atoms with Crippen molar-refractivity contribution in [3.05, 3.63) is 108 Å². The Kier molecular flexibility index (Phi) is 8.85. The number of para-hydroxylation sites is 1. The number of benzene rings is 3. The predicted octanol–water partition coefficient (Wildman–Crippen LogP) is 4.05. The number of aromatic nitrogens is 1. The number of hydrogen-bond acceptors (Lipinski definition) is 8. The Morgan fingerprint density at radius 3 is 2.32 bits per heavy atom. The number of nitrogens with one attached hydrogen (secondary N) is 1. The molecule has 1 aromatic heterocycles. The maximum absolute atomic E-state index is 14.2. The predicted molar refractivity (Wildman–Crippen MR) is 162 cm³/mol. The number of amides is 3. The second kappa shape index (κ2) is 13.1. The quantitative estimate of drug-likeness (QED) is 0.258. The summed E-state index contributed by atoms with van der Waals surface area (Å²) in [5.41, 5.74) is 2.10. The molecule has 0 saturated heterocycles. The number of carbonyl (C=O) groups is 4. The first-order valence-corrected chi connectivity index (χ1v) is 13.6. The average Bonchev–Trinajstić information content (AvgIpc) is 3.29. The van der Waals surface area contributed by atoms with Crippen LogP contribution in [0, 0.1) is 0 Å². The lowest BCUT2D eigenvalue weighted by Gasteiger charge is -2.33. The number of hydrogen-bond donors (Lipinski definition) is 1. The van der Waals surface area contributed by atoms with E-state index < -0.39 is 36.1 Å². The molecule has 0 radical (unpaired) electrons. The maximum Gasteiger partial charge on any atom is 0.299 e. The number of methoxy groups -OCH3 is 3. The number of fused-ring (bicyclic) bond motifs is 1. The largest absolute Gasteiger partial charge is 0.497 e. The van der Waals surface area contributed by atoms with Crippen molar-refractivity contribution in [2.24, 2.45) is 0 Å². The molecule has 1 unspecified atom stereocenters. The van der Waals surface area contributed by atoms with Crippen LogP contribution in [0.1, 0.15) is 27.5 Å². The Labute approximate surface area is 254 Å². The molecule has 224 valence electrons. The average molecular weight is 595 g/mol. The second-order valence-electron chi connectivity index (χ2n) is 9.86. The van der Waals surface area contributed by atoms with Gasteiger partial charge in [-0.3, -0.25) is 29.1 Å². The molecular weight excluding hydrogens is 564 g/mol. The van der Waals surface area contributed by atoms with Gasteiger partial charge in [-0.15, -0.1) is 0 Å². The standard InChI is InChI=1S/C33H30N4O7/c1-42-24-13-11-23(12-14-24)35-32(40)30(22-10-15-27(43-2)28(17-22)44-3)37(19-21-7-6-16-34-18-21)29(38)20-36-26-9-5-4-8-25(26)31(39)33(36)41/h4-18,30H,19-20H2,1-3H3,(H,35,40). The van der Waals surface area contributed by atoms with Crippen LogP contribution in [0.3, 0.4) is 0 Å². The van der Waals surface area contributed by atoms with Crippen LogP contribution in [0.15, 0.2) is 91.3 Å². The molecule has 0 aliphatic carbocycles. The van der Waals surface area contributed by atoms with Crippen LogP contribution in [0.2, 0.25) is 0 Å². The Morgan fingerprint density at radius 2 is 1.64 bits per heavy atom.